The van der Waals surface area contributed by atoms with E-state index in [9.17, 15) is 9.90 Å². The third kappa shape index (κ3) is 3.85. The van der Waals surface area contributed by atoms with Gasteiger partial charge in [-0.1, -0.05) is 44.2 Å². The molecule has 0 aromatic carbocycles. The van der Waals surface area contributed by atoms with Crippen LogP contribution in [0.2, 0.25) is 0 Å². The molecule has 0 amide bonds. The van der Waals surface area contributed by atoms with Crippen LogP contribution in [0.5, 0.6) is 0 Å². The summed E-state index contributed by atoms with van der Waals surface area (Å²) in [7, 11) is 0. The number of hydrogen-bond acceptors (Lipinski definition) is 2. The predicted molar refractivity (Wildman–Crippen MR) is 83.7 cm³/mol. The maximum absolute atomic E-state index is 10.5. The smallest absolute Gasteiger partial charge is 0.328 e. The second-order valence-electron chi connectivity index (χ2n) is 6.64. The number of aliphatic hydroxyl groups is 1. The Morgan fingerprint density at radius 3 is 2.67 bits per heavy atom. The summed E-state index contributed by atoms with van der Waals surface area (Å²) in [6, 6.07) is 0. The molecule has 0 aromatic rings. The monoisotopic (exact) mass is 290 g/mol. The van der Waals surface area contributed by atoms with E-state index in [0.29, 0.717) is 42.1 Å². The number of aliphatic carboxylic acids is 1. The van der Waals surface area contributed by atoms with Crippen LogP contribution >= 0.6 is 0 Å². The summed E-state index contributed by atoms with van der Waals surface area (Å²) in [4.78, 5) is 10.5. The largest absolute Gasteiger partial charge is 0.478 e. The van der Waals surface area contributed by atoms with Crippen LogP contribution in [0.1, 0.15) is 26.7 Å². The van der Waals surface area contributed by atoms with E-state index in [-0.39, 0.29) is 0 Å². The lowest BCUT2D eigenvalue weighted by Gasteiger charge is -2.46. The van der Waals surface area contributed by atoms with Crippen molar-refractivity contribution in [2.24, 2.45) is 35.5 Å². The zero-order valence-corrected chi connectivity index (χ0v) is 12.9. The molecule has 0 bridgehead atoms. The summed E-state index contributed by atoms with van der Waals surface area (Å²) in [6.07, 6.45) is 13.6. The molecule has 6 atom stereocenters. The summed E-state index contributed by atoms with van der Waals surface area (Å²) < 4.78 is 0. The third-order valence-electron chi connectivity index (χ3n) is 5.12. The molecule has 1 unspecified atom stereocenters. The topological polar surface area (TPSA) is 57.5 Å². The van der Waals surface area contributed by atoms with Crippen LogP contribution in [0.25, 0.3) is 0 Å². The van der Waals surface area contributed by atoms with Gasteiger partial charge in [-0.25, -0.2) is 4.79 Å². The number of carbonyl (C=O) groups is 1. The van der Waals surface area contributed by atoms with Crippen molar-refractivity contribution in [2.75, 3.05) is 6.61 Å². The van der Waals surface area contributed by atoms with Crippen molar-refractivity contribution in [1.82, 2.24) is 0 Å². The van der Waals surface area contributed by atoms with E-state index in [4.69, 9.17) is 5.11 Å². The van der Waals surface area contributed by atoms with Gasteiger partial charge < -0.3 is 10.2 Å². The Morgan fingerprint density at radius 1 is 1.24 bits per heavy atom. The van der Waals surface area contributed by atoms with E-state index in [2.05, 4.69) is 32.1 Å². The number of hydrogen-bond donors (Lipinski definition) is 2. The molecule has 2 N–H and O–H groups in total. The van der Waals surface area contributed by atoms with Gasteiger partial charge in [0.1, 0.15) is 0 Å². The lowest BCUT2D eigenvalue weighted by atomic mass is 9.59. The molecule has 1 fully saturated rings. The molecule has 0 aromatic heterocycles. The summed E-state index contributed by atoms with van der Waals surface area (Å²) in [5.74, 6) is 2.18. The molecule has 0 radical (unpaired) electrons. The number of allylic oxidation sites excluding steroid dienone is 5. The minimum atomic E-state index is -0.911. The van der Waals surface area contributed by atoms with Crippen LogP contribution in [0, 0.1) is 35.5 Å². The number of rotatable bonds is 4. The minimum absolute atomic E-state index is 0.290. The van der Waals surface area contributed by atoms with Crippen molar-refractivity contribution in [3.8, 4) is 0 Å². The highest BCUT2D eigenvalue weighted by Crippen LogP contribution is 2.48. The van der Waals surface area contributed by atoms with Gasteiger partial charge in [0.25, 0.3) is 0 Å². The average Bonchev–Trinajstić information content (AvgIpc) is 2.45. The van der Waals surface area contributed by atoms with Gasteiger partial charge in [0.2, 0.25) is 0 Å². The summed E-state index contributed by atoms with van der Waals surface area (Å²) >= 11 is 0. The Bertz CT molecular complexity index is 449. The van der Waals surface area contributed by atoms with Gasteiger partial charge in [0.05, 0.1) is 0 Å². The van der Waals surface area contributed by atoms with Gasteiger partial charge in [-0.3, -0.25) is 0 Å². The molecule has 3 nitrogen and oxygen atoms in total. The number of aliphatic hydroxyl groups excluding tert-OH is 1. The molecule has 21 heavy (non-hydrogen) atoms. The first kappa shape index (κ1) is 16.0. The van der Waals surface area contributed by atoms with E-state index in [1.54, 1.807) is 6.08 Å². The van der Waals surface area contributed by atoms with Crippen molar-refractivity contribution in [2.45, 2.75) is 26.7 Å². The molecule has 2 rings (SSSR count). The van der Waals surface area contributed by atoms with Crippen LogP contribution < -0.4 is 0 Å². The fraction of sp³-hybridized carbons (Fsp3) is 0.611. The minimum Gasteiger partial charge on any atom is -0.478 e. The predicted octanol–water partition coefficient (Wildman–Crippen LogP) is 3.28. The molecular formula is C18H26O3. The Labute approximate surface area is 127 Å². The maximum atomic E-state index is 10.5. The highest BCUT2D eigenvalue weighted by molar-refractivity contribution is 5.80. The maximum Gasteiger partial charge on any atom is 0.328 e. The quantitative estimate of drug-likeness (QED) is 0.474. The highest BCUT2D eigenvalue weighted by atomic mass is 16.4. The van der Waals surface area contributed by atoms with Crippen molar-refractivity contribution < 1.29 is 15.0 Å². The molecule has 116 valence electrons. The molecule has 0 saturated heterocycles. The van der Waals surface area contributed by atoms with Crippen molar-refractivity contribution >= 4 is 5.97 Å². The van der Waals surface area contributed by atoms with E-state index < -0.39 is 5.97 Å². The lowest BCUT2D eigenvalue weighted by molar-refractivity contribution is -0.131. The summed E-state index contributed by atoms with van der Waals surface area (Å²) in [6.45, 7) is 4.81. The molecule has 2 aliphatic rings. The molecule has 3 heteroatoms. The van der Waals surface area contributed by atoms with E-state index in [1.807, 2.05) is 6.08 Å². The first-order valence-corrected chi connectivity index (χ1v) is 7.90. The standard InChI is InChI=1S/C18H26O3/c1-12-7-8-15-10-14(11-19)9-13(2)18(15)16(12)5-3-4-6-17(20)21/h3-8,12-16,18-19H,9-11H2,1-2H3,(H,20,21)/b5-3+,6-4+/t12?,13-,14+,15+,16+,18+/m1/s1. The summed E-state index contributed by atoms with van der Waals surface area (Å²) in [5.41, 5.74) is 0. The van der Waals surface area contributed by atoms with Crippen LogP contribution in [-0.4, -0.2) is 22.8 Å². The molecular weight excluding hydrogens is 264 g/mol. The Balaban J connectivity index is 2.13. The lowest BCUT2D eigenvalue weighted by Crippen LogP contribution is -2.40. The van der Waals surface area contributed by atoms with Gasteiger partial charge in [0.15, 0.2) is 0 Å². The molecule has 1 saturated carbocycles. The second-order valence-corrected chi connectivity index (χ2v) is 6.64. The molecule has 0 aliphatic heterocycles. The van der Waals surface area contributed by atoms with Crippen LogP contribution in [0.15, 0.2) is 36.5 Å². The Hall–Kier alpha value is -1.35. The van der Waals surface area contributed by atoms with Crippen molar-refractivity contribution in [3.63, 3.8) is 0 Å². The van der Waals surface area contributed by atoms with E-state index >= 15 is 0 Å². The van der Waals surface area contributed by atoms with Crippen LogP contribution in [-0.2, 0) is 4.79 Å². The molecule has 2 aliphatic carbocycles. The summed E-state index contributed by atoms with van der Waals surface area (Å²) in [5, 5.41) is 18.1. The van der Waals surface area contributed by atoms with Crippen molar-refractivity contribution in [1.29, 1.82) is 0 Å². The number of carboxylic acids is 1. The first-order valence-electron chi connectivity index (χ1n) is 7.90. The van der Waals surface area contributed by atoms with Crippen molar-refractivity contribution in [3.05, 3.63) is 36.5 Å². The van der Waals surface area contributed by atoms with E-state index in [0.717, 1.165) is 12.8 Å². The second kappa shape index (κ2) is 7.08. The molecule has 0 heterocycles. The zero-order valence-electron chi connectivity index (χ0n) is 12.9. The van der Waals surface area contributed by atoms with Gasteiger partial charge in [-0.2, -0.15) is 0 Å². The van der Waals surface area contributed by atoms with Gasteiger partial charge >= 0.3 is 5.97 Å². The zero-order chi connectivity index (χ0) is 15.4. The van der Waals surface area contributed by atoms with Crippen LogP contribution in [0.4, 0.5) is 0 Å². The van der Waals surface area contributed by atoms with Crippen LogP contribution in [0.3, 0.4) is 0 Å². The van der Waals surface area contributed by atoms with Gasteiger partial charge in [-0.15, -0.1) is 0 Å². The Kier molecular flexibility index (Phi) is 5.40. The number of fused-ring (bicyclic) bond motifs is 1. The fourth-order valence-electron chi connectivity index (χ4n) is 4.19. The third-order valence-corrected chi connectivity index (χ3v) is 5.12. The fourth-order valence-corrected chi connectivity index (χ4v) is 4.19. The SMILES string of the molecule is CC1C=C[C@H]2C[C@@H](CO)C[C@@H](C)[C@@H]2[C@H]1/C=C/C=C/C(=O)O. The van der Waals surface area contributed by atoms with Gasteiger partial charge in [0, 0.05) is 12.7 Å². The normalized spacial score (nSPS) is 39.8. The van der Waals surface area contributed by atoms with Gasteiger partial charge in [-0.05, 0) is 48.3 Å². The highest BCUT2D eigenvalue weighted by Gasteiger charge is 2.41. The first-order chi connectivity index (χ1) is 10.0. The number of carboxylic acid groups (broad SMARTS) is 1. The average molecular weight is 290 g/mol. The molecule has 0 spiro atoms. The Morgan fingerprint density at radius 2 is 2.00 bits per heavy atom. The van der Waals surface area contributed by atoms with E-state index in [1.165, 1.54) is 6.08 Å².